The van der Waals surface area contributed by atoms with E-state index in [-0.39, 0.29) is 0 Å². The largest absolute Gasteiger partial charge is 0.399 e. The molecule has 0 spiro atoms. The fourth-order valence-electron chi connectivity index (χ4n) is 4.29. The first-order valence-electron chi connectivity index (χ1n) is 8.49. The molecule has 3 aliphatic rings. The normalized spacial score (nSPS) is 31.6. The van der Waals surface area contributed by atoms with Gasteiger partial charge in [0.1, 0.15) is 0 Å². The summed E-state index contributed by atoms with van der Waals surface area (Å²) in [5.74, 6) is 0. The maximum atomic E-state index is 6.01. The Morgan fingerprint density at radius 1 is 1.14 bits per heavy atom. The Morgan fingerprint density at radius 3 is 2.67 bits per heavy atom. The summed E-state index contributed by atoms with van der Waals surface area (Å²) < 4.78 is 6.01. The lowest BCUT2D eigenvalue weighted by Gasteiger charge is -2.45. The molecule has 0 bridgehead atoms. The maximum Gasteiger partial charge on any atom is 0.0730 e. The molecule has 2 atom stereocenters. The number of fused-ring (bicyclic) bond motifs is 1. The standard InChI is InChI=1S/C18H26N2O/c19-15-7-5-14(6-8-15)18(9-10-18)13-20-11-12-21-17-4-2-1-3-16(17)20/h5-8,16-17H,1-4,9-13,19H2. The van der Waals surface area contributed by atoms with Crippen LogP contribution in [0.1, 0.15) is 44.1 Å². The molecular weight excluding hydrogens is 260 g/mol. The molecular formula is C18H26N2O. The molecule has 3 nitrogen and oxygen atoms in total. The zero-order valence-corrected chi connectivity index (χ0v) is 12.8. The van der Waals surface area contributed by atoms with Gasteiger partial charge in [-0.2, -0.15) is 0 Å². The van der Waals surface area contributed by atoms with Crippen molar-refractivity contribution in [2.24, 2.45) is 0 Å². The van der Waals surface area contributed by atoms with Gasteiger partial charge < -0.3 is 10.5 Å². The Hall–Kier alpha value is -1.06. The van der Waals surface area contributed by atoms with Crippen LogP contribution in [0.2, 0.25) is 0 Å². The monoisotopic (exact) mass is 286 g/mol. The van der Waals surface area contributed by atoms with E-state index in [1.807, 2.05) is 0 Å². The first-order valence-corrected chi connectivity index (χ1v) is 8.49. The zero-order valence-electron chi connectivity index (χ0n) is 12.8. The van der Waals surface area contributed by atoms with Crippen molar-refractivity contribution in [2.75, 3.05) is 25.4 Å². The maximum absolute atomic E-state index is 6.01. The van der Waals surface area contributed by atoms with E-state index >= 15 is 0 Å². The van der Waals surface area contributed by atoms with Crippen LogP contribution in [0.4, 0.5) is 5.69 Å². The second-order valence-corrected chi connectivity index (χ2v) is 7.13. The second-order valence-electron chi connectivity index (χ2n) is 7.13. The van der Waals surface area contributed by atoms with E-state index in [9.17, 15) is 0 Å². The van der Waals surface area contributed by atoms with Gasteiger partial charge in [-0.15, -0.1) is 0 Å². The van der Waals surface area contributed by atoms with Crippen LogP contribution >= 0.6 is 0 Å². The highest BCUT2D eigenvalue weighted by molar-refractivity contribution is 5.43. The van der Waals surface area contributed by atoms with Gasteiger partial charge in [0, 0.05) is 30.2 Å². The molecule has 1 aromatic carbocycles. The highest BCUT2D eigenvalue weighted by Crippen LogP contribution is 2.49. The molecule has 2 unspecified atom stereocenters. The van der Waals surface area contributed by atoms with Crippen LogP contribution < -0.4 is 5.73 Å². The molecule has 0 radical (unpaired) electrons. The molecule has 4 rings (SSSR count). The first kappa shape index (κ1) is 13.6. The summed E-state index contributed by atoms with van der Waals surface area (Å²) in [5.41, 5.74) is 8.58. The summed E-state index contributed by atoms with van der Waals surface area (Å²) in [6, 6.07) is 9.25. The number of nitrogen functional groups attached to an aromatic ring is 1. The van der Waals surface area contributed by atoms with E-state index in [0.29, 0.717) is 17.6 Å². The third-order valence-electron chi connectivity index (χ3n) is 5.73. The molecule has 2 aliphatic carbocycles. The van der Waals surface area contributed by atoms with E-state index in [1.54, 1.807) is 0 Å². The molecule has 1 saturated heterocycles. The minimum atomic E-state index is 0.396. The van der Waals surface area contributed by atoms with Crippen molar-refractivity contribution in [3.05, 3.63) is 29.8 Å². The summed E-state index contributed by atoms with van der Waals surface area (Å²) in [5, 5.41) is 0. The van der Waals surface area contributed by atoms with E-state index < -0.39 is 0 Å². The Balaban J connectivity index is 1.50. The number of nitrogens with zero attached hydrogens (tertiary/aromatic N) is 1. The Labute approximate surface area is 127 Å². The molecule has 2 saturated carbocycles. The third kappa shape index (κ3) is 2.58. The fraction of sp³-hybridized carbons (Fsp3) is 0.667. The average Bonchev–Trinajstić information content (AvgIpc) is 3.29. The van der Waals surface area contributed by atoms with E-state index in [2.05, 4.69) is 29.2 Å². The van der Waals surface area contributed by atoms with Crippen LogP contribution in [0.25, 0.3) is 0 Å². The van der Waals surface area contributed by atoms with Crippen molar-refractivity contribution in [3.8, 4) is 0 Å². The van der Waals surface area contributed by atoms with E-state index in [4.69, 9.17) is 10.5 Å². The first-order chi connectivity index (χ1) is 10.3. The SMILES string of the molecule is Nc1ccc(C2(CN3CCOC4CCCCC43)CC2)cc1. The molecule has 21 heavy (non-hydrogen) atoms. The van der Waals surface area contributed by atoms with Crippen LogP contribution in [0.5, 0.6) is 0 Å². The minimum absolute atomic E-state index is 0.396. The molecule has 1 aromatic rings. The highest BCUT2D eigenvalue weighted by atomic mass is 16.5. The predicted molar refractivity (Wildman–Crippen MR) is 85.3 cm³/mol. The molecule has 0 amide bonds. The molecule has 3 heteroatoms. The summed E-state index contributed by atoms with van der Waals surface area (Å²) in [6.07, 6.45) is 8.44. The number of hydrogen-bond acceptors (Lipinski definition) is 3. The number of morpholine rings is 1. The molecule has 1 heterocycles. The zero-order chi connectivity index (χ0) is 14.3. The van der Waals surface area contributed by atoms with Crippen molar-refractivity contribution in [1.29, 1.82) is 0 Å². The van der Waals surface area contributed by atoms with Gasteiger partial charge in [-0.25, -0.2) is 0 Å². The summed E-state index contributed by atoms with van der Waals surface area (Å²) in [6.45, 7) is 3.23. The average molecular weight is 286 g/mol. The number of rotatable bonds is 3. The van der Waals surface area contributed by atoms with Crippen LogP contribution in [0.15, 0.2) is 24.3 Å². The van der Waals surface area contributed by atoms with Crippen molar-refractivity contribution >= 4 is 5.69 Å². The highest BCUT2D eigenvalue weighted by Gasteiger charge is 2.47. The van der Waals surface area contributed by atoms with Gasteiger partial charge in [0.2, 0.25) is 0 Å². The van der Waals surface area contributed by atoms with Gasteiger partial charge in [-0.1, -0.05) is 25.0 Å². The van der Waals surface area contributed by atoms with Gasteiger partial charge in [-0.3, -0.25) is 4.90 Å². The summed E-state index contributed by atoms with van der Waals surface area (Å²) in [7, 11) is 0. The quantitative estimate of drug-likeness (QED) is 0.868. The van der Waals surface area contributed by atoms with Gasteiger partial charge in [0.15, 0.2) is 0 Å². The lowest BCUT2D eigenvalue weighted by atomic mass is 9.88. The van der Waals surface area contributed by atoms with Crippen LogP contribution in [0, 0.1) is 0 Å². The lowest BCUT2D eigenvalue weighted by molar-refractivity contribution is -0.0904. The third-order valence-corrected chi connectivity index (χ3v) is 5.73. The molecule has 0 aromatic heterocycles. The number of ether oxygens (including phenoxy) is 1. The Bertz CT molecular complexity index is 492. The van der Waals surface area contributed by atoms with E-state index in [0.717, 1.165) is 18.8 Å². The van der Waals surface area contributed by atoms with Gasteiger partial charge in [-0.05, 0) is 43.4 Å². The number of anilines is 1. The van der Waals surface area contributed by atoms with E-state index in [1.165, 1.54) is 50.6 Å². The van der Waals surface area contributed by atoms with Crippen molar-refractivity contribution in [2.45, 2.75) is 56.1 Å². The number of benzene rings is 1. The second kappa shape index (κ2) is 5.29. The van der Waals surface area contributed by atoms with Crippen molar-refractivity contribution in [1.82, 2.24) is 4.90 Å². The smallest absolute Gasteiger partial charge is 0.0730 e. The van der Waals surface area contributed by atoms with Crippen LogP contribution in [-0.4, -0.2) is 36.7 Å². The summed E-state index contributed by atoms with van der Waals surface area (Å²) >= 11 is 0. The topological polar surface area (TPSA) is 38.5 Å². The van der Waals surface area contributed by atoms with Crippen molar-refractivity contribution < 1.29 is 4.74 Å². The fourth-order valence-corrected chi connectivity index (χ4v) is 4.29. The van der Waals surface area contributed by atoms with Crippen LogP contribution in [0.3, 0.4) is 0 Å². The molecule has 114 valence electrons. The molecule has 1 aliphatic heterocycles. The number of nitrogens with two attached hydrogens (primary N) is 1. The molecule has 3 fully saturated rings. The number of hydrogen-bond donors (Lipinski definition) is 1. The lowest BCUT2D eigenvalue weighted by Crippen LogP contribution is -2.54. The van der Waals surface area contributed by atoms with Crippen molar-refractivity contribution in [3.63, 3.8) is 0 Å². The Kier molecular flexibility index (Phi) is 3.43. The van der Waals surface area contributed by atoms with Gasteiger partial charge >= 0.3 is 0 Å². The van der Waals surface area contributed by atoms with Gasteiger partial charge in [0.05, 0.1) is 12.7 Å². The Morgan fingerprint density at radius 2 is 1.90 bits per heavy atom. The minimum Gasteiger partial charge on any atom is -0.399 e. The summed E-state index contributed by atoms with van der Waals surface area (Å²) in [4.78, 5) is 2.73. The molecule has 2 N–H and O–H groups in total. The van der Waals surface area contributed by atoms with Gasteiger partial charge in [0.25, 0.3) is 0 Å². The van der Waals surface area contributed by atoms with Crippen LogP contribution in [-0.2, 0) is 10.2 Å². The predicted octanol–water partition coefficient (Wildman–Crippen LogP) is 2.94.